The first-order valence-corrected chi connectivity index (χ1v) is 8.76. The van der Waals surface area contributed by atoms with Crippen LogP contribution in [0.1, 0.15) is 25.3 Å². The number of nitrogens with one attached hydrogen (secondary N) is 1. The van der Waals surface area contributed by atoms with Gasteiger partial charge >= 0.3 is 5.97 Å². The number of dihydropyridines is 1. The number of rotatable bonds is 5. The highest BCUT2D eigenvalue weighted by molar-refractivity contribution is 8.02. The zero-order valence-corrected chi connectivity index (χ0v) is 15.0. The molecule has 1 N–H and O–H groups in total. The van der Waals surface area contributed by atoms with Crippen LogP contribution in [0, 0.1) is 11.3 Å². The van der Waals surface area contributed by atoms with Crippen LogP contribution in [0.4, 0.5) is 0 Å². The van der Waals surface area contributed by atoms with Crippen molar-refractivity contribution in [3.8, 4) is 11.8 Å². The summed E-state index contributed by atoms with van der Waals surface area (Å²) in [6, 6.07) is 9.64. The second-order valence-electron chi connectivity index (χ2n) is 5.15. The van der Waals surface area contributed by atoms with Gasteiger partial charge in [0.05, 0.1) is 41.9 Å². The second-order valence-corrected chi connectivity index (χ2v) is 5.97. The Kier molecular flexibility index (Phi) is 5.93. The van der Waals surface area contributed by atoms with Gasteiger partial charge in [0, 0.05) is 5.70 Å². The van der Waals surface area contributed by atoms with Crippen molar-refractivity contribution >= 4 is 17.7 Å². The Morgan fingerprint density at radius 3 is 2.54 bits per heavy atom. The molecule has 0 aromatic heterocycles. The summed E-state index contributed by atoms with van der Waals surface area (Å²) in [5.74, 6) is -0.140. The van der Waals surface area contributed by atoms with Gasteiger partial charge in [0.15, 0.2) is 0 Å². The van der Waals surface area contributed by atoms with E-state index in [1.165, 1.54) is 11.8 Å². The lowest BCUT2D eigenvalue weighted by Crippen LogP contribution is -2.28. The van der Waals surface area contributed by atoms with E-state index < -0.39 is 11.9 Å². The lowest BCUT2D eigenvalue weighted by molar-refractivity contribution is -0.138. The molecular formula is C18H20N2O3S. The van der Waals surface area contributed by atoms with Gasteiger partial charge in [-0.2, -0.15) is 5.26 Å². The molecule has 1 aromatic carbocycles. The molecule has 6 heteroatoms. The molecule has 1 unspecified atom stereocenters. The zero-order valence-electron chi connectivity index (χ0n) is 14.2. The lowest BCUT2D eigenvalue weighted by atomic mass is 9.82. The van der Waals surface area contributed by atoms with Crippen molar-refractivity contribution < 1.29 is 14.3 Å². The van der Waals surface area contributed by atoms with E-state index in [0.717, 1.165) is 16.3 Å². The maximum atomic E-state index is 12.5. The summed E-state index contributed by atoms with van der Waals surface area (Å²) < 4.78 is 10.4. The Morgan fingerprint density at radius 2 is 2.04 bits per heavy atom. The Bertz CT molecular complexity index is 730. The Hall–Kier alpha value is -2.39. The van der Waals surface area contributed by atoms with E-state index in [9.17, 15) is 10.1 Å². The predicted octanol–water partition coefficient (Wildman–Crippen LogP) is 3.32. The van der Waals surface area contributed by atoms with Crippen molar-refractivity contribution in [3.05, 3.63) is 51.7 Å². The zero-order chi connectivity index (χ0) is 17.7. The van der Waals surface area contributed by atoms with Crippen LogP contribution in [0.2, 0.25) is 0 Å². The molecule has 1 aromatic rings. The number of allylic oxidation sites excluding steroid dienone is 2. The molecule has 0 fully saturated rings. The van der Waals surface area contributed by atoms with Crippen molar-refractivity contribution in [3.63, 3.8) is 0 Å². The normalized spacial score (nSPS) is 17.2. The standard InChI is InChI=1S/C18H20N2O3S/c1-5-23-18(21)15-11(2)20-17(24-4)14(10-19)16(15)12-6-8-13(22-3)9-7-12/h6-9,16,20H,5H2,1-4H3. The first-order chi connectivity index (χ1) is 11.6. The van der Waals surface area contributed by atoms with E-state index in [4.69, 9.17) is 9.47 Å². The quantitative estimate of drug-likeness (QED) is 0.826. The number of hydrogen-bond donors (Lipinski definition) is 1. The Morgan fingerprint density at radius 1 is 1.38 bits per heavy atom. The van der Waals surface area contributed by atoms with Crippen molar-refractivity contribution in [1.82, 2.24) is 5.32 Å². The number of thioether (sulfide) groups is 1. The van der Waals surface area contributed by atoms with Gasteiger partial charge in [-0.25, -0.2) is 4.79 Å². The minimum atomic E-state index is -0.455. The fraction of sp³-hybridized carbons (Fsp3) is 0.333. The summed E-state index contributed by atoms with van der Waals surface area (Å²) in [5.41, 5.74) is 2.54. The number of esters is 1. The number of benzene rings is 1. The summed E-state index contributed by atoms with van der Waals surface area (Å²) in [4.78, 5) is 12.5. The van der Waals surface area contributed by atoms with Crippen LogP contribution in [-0.2, 0) is 9.53 Å². The number of nitrogens with zero attached hydrogens (tertiary/aromatic N) is 1. The summed E-state index contributed by atoms with van der Waals surface area (Å²) >= 11 is 1.45. The van der Waals surface area contributed by atoms with Crippen LogP contribution in [0.3, 0.4) is 0 Å². The van der Waals surface area contributed by atoms with Crippen molar-refractivity contribution in [2.24, 2.45) is 0 Å². The molecule has 1 atom stereocenters. The molecule has 0 saturated heterocycles. The number of carbonyl (C=O) groups is 1. The molecular weight excluding hydrogens is 324 g/mol. The van der Waals surface area contributed by atoms with Crippen molar-refractivity contribution in [2.45, 2.75) is 19.8 Å². The van der Waals surface area contributed by atoms with E-state index in [1.807, 2.05) is 37.4 Å². The highest BCUT2D eigenvalue weighted by Gasteiger charge is 2.35. The third kappa shape index (κ3) is 3.41. The first-order valence-electron chi connectivity index (χ1n) is 7.54. The van der Waals surface area contributed by atoms with Gasteiger partial charge in [-0.1, -0.05) is 12.1 Å². The second kappa shape index (κ2) is 7.93. The van der Waals surface area contributed by atoms with E-state index in [1.54, 1.807) is 14.0 Å². The van der Waals surface area contributed by atoms with E-state index in [-0.39, 0.29) is 6.61 Å². The third-order valence-corrected chi connectivity index (χ3v) is 4.53. The minimum absolute atomic E-state index is 0.284. The molecule has 0 saturated carbocycles. The molecule has 5 nitrogen and oxygen atoms in total. The molecule has 126 valence electrons. The summed E-state index contributed by atoms with van der Waals surface area (Å²) in [6.45, 7) is 3.87. The van der Waals surface area contributed by atoms with Gasteiger partial charge in [0.25, 0.3) is 0 Å². The van der Waals surface area contributed by atoms with Crippen molar-refractivity contribution in [2.75, 3.05) is 20.0 Å². The van der Waals surface area contributed by atoms with Gasteiger partial charge in [-0.3, -0.25) is 0 Å². The number of carbonyl (C=O) groups excluding carboxylic acids is 1. The van der Waals surface area contributed by atoms with Gasteiger partial charge in [0.2, 0.25) is 0 Å². The molecule has 2 rings (SSSR count). The number of hydrogen-bond acceptors (Lipinski definition) is 6. The molecule has 1 heterocycles. The van der Waals surface area contributed by atoms with E-state index in [0.29, 0.717) is 16.8 Å². The smallest absolute Gasteiger partial charge is 0.336 e. The van der Waals surface area contributed by atoms with Gasteiger partial charge < -0.3 is 14.8 Å². The van der Waals surface area contributed by atoms with Crippen molar-refractivity contribution in [1.29, 1.82) is 5.26 Å². The fourth-order valence-corrected chi connectivity index (χ4v) is 3.32. The summed E-state index contributed by atoms with van der Waals surface area (Å²) in [5, 5.41) is 13.6. The molecule has 24 heavy (non-hydrogen) atoms. The monoisotopic (exact) mass is 344 g/mol. The molecule has 0 aliphatic carbocycles. The van der Waals surface area contributed by atoms with Crippen LogP contribution in [0.25, 0.3) is 0 Å². The SMILES string of the molecule is CCOC(=O)C1=C(C)NC(SC)=C(C#N)C1c1ccc(OC)cc1. The fourth-order valence-electron chi connectivity index (χ4n) is 2.68. The number of ether oxygens (including phenoxy) is 2. The molecule has 0 radical (unpaired) electrons. The van der Waals surface area contributed by atoms with Crippen LogP contribution in [0.15, 0.2) is 46.1 Å². The molecule has 0 bridgehead atoms. The van der Waals surface area contributed by atoms with Crippen LogP contribution >= 0.6 is 11.8 Å². The average Bonchev–Trinajstić information content (AvgIpc) is 2.60. The molecule has 1 aliphatic rings. The summed E-state index contributed by atoms with van der Waals surface area (Å²) in [6.07, 6.45) is 1.90. The topological polar surface area (TPSA) is 71.3 Å². The Labute approximate surface area is 146 Å². The van der Waals surface area contributed by atoms with E-state index in [2.05, 4.69) is 11.4 Å². The number of methoxy groups -OCH3 is 1. The lowest BCUT2D eigenvalue weighted by Gasteiger charge is -2.29. The predicted molar refractivity (Wildman–Crippen MR) is 94.4 cm³/mol. The minimum Gasteiger partial charge on any atom is -0.497 e. The number of nitriles is 1. The average molecular weight is 344 g/mol. The molecule has 0 amide bonds. The Balaban J connectivity index is 2.59. The van der Waals surface area contributed by atoms with E-state index >= 15 is 0 Å². The van der Waals surface area contributed by atoms with Crippen LogP contribution in [-0.4, -0.2) is 25.9 Å². The maximum Gasteiger partial charge on any atom is 0.336 e. The van der Waals surface area contributed by atoms with Crippen LogP contribution in [0.5, 0.6) is 5.75 Å². The first kappa shape index (κ1) is 18.0. The summed E-state index contributed by atoms with van der Waals surface area (Å²) in [7, 11) is 1.60. The molecule has 0 spiro atoms. The van der Waals surface area contributed by atoms with Gasteiger partial charge in [-0.05, 0) is 37.8 Å². The third-order valence-electron chi connectivity index (χ3n) is 3.80. The van der Waals surface area contributed by atoms with Crippen LogP contribution < -0.4 is 10.1 Å². The van der Waals surface area contributed by atoms with Gasteiger partial charge in [-0.15, -0.1) is 11.8 Å². The highest BCUT2D eigenvalue weighted by Crippen LogP contribution is 2.40. The highest BCUT2D eigenvalue weighted by atomic mass is 32.2. The van der Waals surface area contributed by atoms with Gasteiger partial charge in [0.1, 0.15) is 5.75 Å². The largest absolute Gasteiger partial charge is 0.497 e. The molecule has 1 aliphatic heterocycles. The maximum absolute atomic E-state index is 12.5.